The van der Waals surface area contributed by atoms with Crippen LogP contribution >= 0.6 is 11.3 Å². The highest BCUT2D eigenvalue weighted by Crippen LogP contribution is 2.29. The molecule has 3 aromatic rings. The quantitative estimate of drug-likeness (QED) is 0.618. The summed E-state index contributed by atoms with van der Waals surface area (Å²) in [6, 6.07) is 15.1. The van der Waals surface area contributed by atoms with E-state index in [0.29, 0.717) is 17.2 Å². The second-order valence-corrected chi connectivity index (χ2v) is 7.18. The maximum atomic E-state index is 12.6. The van der Waals surface area contributed by atoms with Crippen LogP contribution in [0.5, 0.6) is 5.75 Å². The Morgan fingerprint density at radius 3 is 2.79 bits per heavy atom. The van der Waals surface area contributed by atoms with E-state index in [4.69, 9.17) is 9.47 Å². The third-order valence-corrected chi connectivity index (χ3v) is 5.41. The summed E-state index contributed by atoms with van der Waals surface area (Å²) in [4.78, 5) is 31.0. The number of hydrogen-bond acceptors (Lipinski definition) is 6. The van der Waals surface area contributed by atoms with Crippen molar-refractivity contribution < 1.29 is 19.1 Å². The van der Waals surface area contributed by atoms with E-state index in [9.17, 15) is 9.59 Å². The fourth-order valence-electron chi connectivity index (χ4n) is 2.93. The minimum atomic E-state index is -0.553. The first-order valence-electron chi connectivity index (χ1n) is 8.91. The van der Waals surface area contributed by atoms with Gasteiger partial charge in [-0.25, -0.2) is 9.78 Å². The van der Waals surface area contributed by atoms with Crippen molar-refractivity contribution >= 4 is 44.6 Å². The van der Waals surface area contributed by atoms with E-state index in [-0.39, 0.29) is 19.1 Å². The Labute approximate surface area is 166 Å². The van der Waals surface area contributed by atoms with E-state index in [0.717, 1.165) is 21.5 Å². The molecular formula is C21H18N2O4S. The molecule has 0 atom stereocenters. The molecule has 2 heterocycles. The van der Waals surface area contributed by atoms with Crippen LogP contribution < -0.4 is 9.64 Å². The van der Waals surface area contributed by atoms with E-state index < -0.39 is 5.97 Å². The normalized spacial score (nSPS) is 12.7. The molecule has 142 valence electrons. The van der Waals surface area contributed by atoms with Crippen molar-refractivity contribution in [3.05, 3.63) is 59.7 Å². The van der Waals surface area contributed by atoms with Gasteiger partial charge in [0.15, 0.2) is 11.7 Å². The number of hydrogen-bond donors (Lipinski definition) is 0. The number of ether oxygens (including phenoxy) is 2. The largest absolute Gasteiger partial charge is 0.488 e. The molecule has 0 saturated carbocycles. The van der Waals surface area contributed by atoms with E-state index in [1.807, 2.05) is 55.5 Å². The van der Waals surface area contributed by atoms with Crippen molar-refractivity contribution in [1.29, 1.82) is 0 Å². The Kier molecular flexibility index (Phi) is 5.08. The first kappa shape index (κ1) is 18.2. The highest BCUT2D eigenvalue weighted by atomic mass is 32.1. The van der Waals surface area contributed by atoms with Crippen LogP contribution in [-0.2, 0) is 14.3 Å². The van der Waals surface area contributed by atoms with Gasteiger partial charge in [-0.05, 0) is 31.2 Å². The number of rotatable bonds is 5. The van der Waals surface area contributed by atoms with Gasteiger partial charge in [0.05, 0.1) is 15.8 Å². The highest BCUT2D eigenvalue weighted by molar-refractivity contribution is 7.22. The summed E-state index contributed by atoms with van der Waals surface area (Å²) in [5.41, 5.74) is 2.04. The van der Waals surface area contributed by atoms with Gasteiger partial charge < -0.3 is 9.47 Å². The number of fused-ring (bicyclic) bond motifs is 2. The molecule has 2 aromatic carbocycles. The van der Waals surface area contributed by atoms with Crippen molar-refractivity contribution in [1.82, 2.24) is 4.98 Å². The summed E-state index contributed by atoms with van der Waals surface area (Å²) < 4.78 is 11.8. The molecule has 6 nitrogen and oxygen atoms in total. The minimum Gasteiger partial charge on any atom is -0.488 e. The van der Waals surface area contributed by atoms with Gasteiger partial charge in [-0.3, -0.25) is 9.69 Å². The molecule has 1 amide bonds. The van der Waals surface area contributed by atoms with Gasteiger partial charge in [0, 0.05) is 12.1 Å². The lowest BCUT2D eigenvalue weighted by Gasteiger charge is -2.19. The van der Waals surface area contributed by atoms with Gasteiger partial charge in [-0.2, -0.15) is 0 Å². The first-order valence-corrected chi connectivity index (χ1v) is 9.73. The lowest BCUT2D eigenvalue weighted by atomic mass is 10.1. The van der Waals surface area contributed by atoms with Crippen LogP contribution in [0, 0.1) is 0 Å². The lowest BCUT2D eigenvalue weighted by Crippen LogP contribution is -2.35. The Morgan fingerprint density at radius 1 is 1.18 bits per heavy atom. The average molecular weight is 394 g/mol. The highest BCUT2D eigenvalue weighted by Gasteiger charge is 2.22. The van der Waals surface area contributed by atoms with Crippen LogP contribution in [0.15, 0.2) is 54.1 Å². The molecule has 0 fully saturated rings. The molecule has 1 aliphatic heterocycles. The van der Waals surface area contributed by atoms with E-state index in [1.165, 1.54) is 16.2 Å². The van der Waals surface area contributed by atoms with Gasteiger partial charge >= 0.3 is 5.97 Å². The molecule has 0 N–H and O–H groups in total. The lowest BCUT2D eigenvalue weighted by molar-refractivity contribution is -0.144. The SMILES string of the molecule is CCN(C(=O)COC(=O)C1=Cc2ccccc2OC1)c1nc2ccccc2s1. The van der Waals surface area contributed by atoms with Gasteiger partial charge in [0.2, 0.25) is 0 Å². The van der Waals surface area contributed by atoms with Crippen molar-refractivity contribution in [2.24, 2.45) is 0 Å². The molecule has 0 spiro atoms. The number of esters is 1. The van der Waals surface area contributed by atoms with Crippen LogP contribution in [0.25, 0.3) is 16.3 Å². The van der Waals surface area contributed by atoms with Crippen molar-refractivity contribution in [2.75, 3.05) is 24.7 Å². The fourth-order valence-corrected chi connectivity index (χ4v) is 3.97. The summed E-state index contributed by atoms with van der Waals surface area (Å²) in [5.74, 6) is -0.140. The van der Waals surface area contributed by atoms with Gasteiger partial charge in [0.1, 0.15) is 12.4 Å². The smallest absolute Gasteiger partial charge is 0.338 e. The Hall–Kier alpha value is -3.19. The third-order valence-electron chi connectivity index (χ3n) is 4.35. The van der Waals surface area contributed by atoms with Crippen molar-refractivity contribution in [3.63, 3.8) is 0 Å². The topological polar surface area (TPSA) is 68.7 Å². The summed E-state index contributed by atoms with van der Waals surface area (Å²) in [6.45, 7) is 2.08. The summed E-state index contributed by atoms with van der Waals surface area (Å²) in [5, 5.41) is 0.596. The summed E-state index contributed by atoms with van der Waals surface area (Å²) in [6.07, 6.45) is 1.73. The second-order valence-electron chi connectivity index (χ2n) is 6.17. The zero-order chi connectivity index (χ0) is 19.5. The molecule has 0 radical (unpaired) electrons. The molecule has 0 unspecified atom stereocenters. The predicted octanol–water partition coefficient (Wildman–Crippen LogP) is 3.67. The number of likely N-dealkylation sites (N-methyl/N-ethyl adjacent to an activating group) is 1. The monoisotopic (exact) mass is 394 g/mol. The van der Waals surface area contributed by atoms with Crippen LogP contribution in [0.3, 0.4) is 0 Å². The average Bonchev–Trinajstić information content (AvgIpc) is 3.15. The Bertz CT molecular complexity index is 1040. The van der Waals surface area contributed by atoms with Crippen molar-refractivity contribution in [2.45, 2.75) is 6.92 Å². The third kappa shape index (κ3) is 3.61. The molecule has 4 rings (SSSR count). The van der Waals surface area contributed by atoms with E-state index >= 15 is 0 Å². The number of anilines is 1. The fraction of sp³-hybridized carbons (Fsp3) is 0.190. The molecule has 0 aliphatic carbocycles. The summed E-state index contributed by atoms with van der Waals surface area (Å²) >= 11 is 1.44. The summed E-state index contributed by atoms with van der Waals surface area (Å²) in [7, 11) is 0. The van der Waals surface area contributed by atoms with Gasteiger partial charge in [-0.1, -0.05) is 41.7 Å². The molecule has 0 saturated heterocycles. The van der Waals surface area contributed by atoms with Crippen LogP contribution in [0.4, 0.5) is 5.13 Å². The first-order chi connectivity index (χ1) is 13.7. The second kappa shape index (κ2) is 7.82. The number of aromatic nitrogens is 1. The number of para-hydroxylation sites is 2. The number of carbonyl (C=O) groups is 2. The number of nitrogens with zero attached hydrogens (tertiary/aromatic N) is 2. The molecule has 7 heteroatoms. The molecule has 0 bridgehead atoms. The molecular weight excluding hydrogens is 376 g/mol. The minimum absolute atomic E-state index is 0.124. The number of amides is 1. The van der Waals surface area contributed by atoms with E-state index in [1.54, 1.807) is 6.08 Å². The predicted molar refractivity (Wildman–Crippen MR) is 109 cm³/mol. The van der Waals surface area contributed by atoms with Gasteiger partial charge in [0.25, 0.3) is 5.91 Å². The van der Waals surface area contributed by atoms with Crippen LogP contribution in [-0.4, -0.2) is 36.6 Å². The number of carbonyl (C=O) groups excluding carboxylic acids is 2. The Balaban J connectivity index is 1.43. The molecule has 1 aliphatic rings. The number of thiazole rings is 1. The number of benzene rings is 2. The maximum Gasteiger partial charge on any atom is 0.338 e. The zero-order valence-electron chi connectivity index (χ0n) is 15.3. The maximum absolute atomic E-state index is 12.6. The molecule has 28 heavy (non-hydrogen) atoms. The van der Waals surface area contributed by atoms with Gasteiger partial charge in [-0.15, -0.1) is 0 Å². The zero-order valence-corrected chi connectivity index (χ0v) is 16.1. The molecule has 1 aromatic heterocycles. The standard InChI is InChI=1S/C21H18N2O4S/c1-2-23(21-22-16-8-4-6-10-18(16)28-21)19(24)13-27-20(25)15-11-14-7-3-5-9-17(14)26-12-15/h3-11H,2,12-13H2,1H3. The Morgan fingerprint density at radius 2 is 1.96 bits per heavy atom. The van der Waals surface area contributed by atoms with Crippen molar-refractivity contribution in [3.8, 4) is 5.75 Å². The van der Waals surface area contributed by atoms with Crippen LogP contribution in [0.2, 0.25) is 0 Å². The van der Waals surface area contributed by atoms with E-state index in [2.05, 4.69) is 4.98 Å². The van der Waals surface area contributed by atoms with Crippen LogP contribution in [0.1, 0.15) is 12.5 Å².